The van der Waals surface area contributed by atoms with Gasteiger partial charge in [-0.3, -0.25) is 0 Å². The second kappa shape index (κ2) is 7.57. The highest BCUT2D eigenvalue weighted by Crippen LogP contribution is 2.25. The molecule has 0 aliphatic heterocycles. The van der Waals surface area contributed by atoms with Crippen molar-refractivity contribution in [1.29, 1.82) is 0 Å². The molecule has 1 nitrogen and oxygen atoms in total. The minimum atomic E-state index is 0.589. The van der Waals surface area contributed by atoms with Crippen LogP contribution < -0.4 is 5.32 Å². The molecule has 0 aromatic heterocycles. The van der Waals surface area contributed by atoms with E-state index >= 15 is 0 Å². The molecule has 0 amide bonds. The molecule has 108 valence electrons. The summed E-state index contributed by atoms with van der Waals surface area (Å²) in [4.78, 5) is 0. The number of aryl methyl sites for hydroxylation is 2. The van der Waals surface area contributed by atoms with Crippen LogP contribution in [0.5, 0.6) is 0 Å². The molecule has 0 atom stereocenters. The molecule has 19 heavy (non-hydrogen) atoms. The summed E-state index contributed by atoms with van der Waals surface area (Å²) >= 11 is 0. The van der Waals surface area contributed by atoms with Crippen LogP contribution >= 0.6 is 0 Å². The predicted octanol–water partition coefficient (Wildman–Crippen LogP) is 5.43. The first-order chi connectivity index (χ1) is 8.93. The van der Waals surface area contributed by atoms with Gasteiger partial charge in [0.2, 0.25) is 0 Å². The zero-order valence-electron chi connectivity index (χ0n) is 13.6. The Morgan fingerprint density at radius 1 is 1.00 bits per heavy atom. The lowest BCUT2D eigenvalue weighted by molar-refractivity contribution is 0.442. The highest BCUT2D eigenvalue weighted by atomic mass is 14.9. The molecule has 1 rings (SSSR count). The number of benzene rings is 1. The van der Waals surface area contributed by atoms with E-state index in [1.807, 2.05) is 0 Å². The van der Waals surface area contributed by atoms with Gasteiger partial charge in [0.25, 0.3) is 0 Å². The van der Waals surface area contributed by atoms with Gasteiger partial charge in [-0.2, -0.15) is 0 Å². The van der Waals surface area contributed by atoms with Crippen molar-refractivity contribution in [2.24, 2.45) is 11.8 Å². The van der Waals surface area contributed by atoms with E-state index in [1.165, 1.54) is 29.7 Å². The maximum absolute atomic E-state index is 3.83. The molecule has 1 aromatic carbocycles. The summed E-state index contributed by atoms with van der Waals surface area (Å²) < 4.78 is 0. The highest BCUT2D eigenvalue weighted by Gasteiger charge is 2.15. The third-order valence-corrected chi connectivity index (χ3v) is 3.60. The standard InChI is InChI=1S/C18H31N/c1-7-16-10-8-9-15(6)18(16)19-17(11-13(2)3)12-14(4)5/h8-10,13-14,17,19H,7,11-12H2,1-6H3. The third kappa shape index (κ3) is 5.26. The largest absolute Gasteiger partial charge is 0.382 e. The molecule has 0 saturated heterocycles. The van der Waals surface area contributed by atoms with Gasteiger partial charge in [0.15, 0.2) is 0 Å². The SMILES string of the molecule is CCc1cccc(C)c1NC(CC(C)C)CC(C)C. The normalized spacial score (nSPS) is 11.6. The van der Waals surface area contributed by atoms with Crippen molar-refractivity contribution in [2.45, 2.75) is 66.8 Å². The molecule has 1 aromatic rings. The number of nitrogens with one attached hydrogen (secondary N) is 1. The quantitative estimate of drug-likeness (QED) is 0.690. The molecule has 0 aliphatic rings. The van der Waals surface area contributed by atoms with Crippen LogP contribution in [0.3, 0.4) is 0 Å². The van der Waals surface area contributed by atoms with E-state index in [0.717, 1.165) is 18.3 Å². The van der Waals surface area contributed by atoms with Gasteiger partial charge >= 0.3 is 0 Å². The van der Waals surface area contributed by atoms with Gasteiger partial charge < -0.3 is 5.32 Å². The maximum atomic E-state index is 3.83. The van der Waals surface area contributed by atoms with Gasteiger partial charge in [0.05, 0.1) is 0 Å². The second-order valence-corrected chi connectivity index (χ2v) is 6.56. The first-order valence-corrected chi connectivity index (χ1v) is 7.79. The number of para-hydroxylation sites is 1. The van der Waals surface area contributed by atoms with E-state index in [-0.39, 0.29) is 0 Å². The highest BCUT2D eigenvalue weighted by molar-refractivity contribution is 5.57. The molecule has 0 fully saturated rings. The van der Waals surface area contributed by atoms with E-state index < -0.39 is 0 Å². The minimum absolute atomic E-state index is 0.589. The van der Waals surface area contributed by atoms with Crippen molar-refractivity contribution in [3.8, 4) is 0 Å². The van der Waals surface area contributed by atoms with Gasteiger partial charge in [-0.25, -0.2) is 0 Å². The first-order valence-electron chi connectivity index (χ1n) is 7.79. The van der Waals surface area contributed by atoms with Crippen LogP contribution in [0.25, 0.3) is 0 Å². The van der Waals surface area contributed by atoms with Crippen LogP contribution in [0.4, 0.5) is 5.69 Å². The number of hydrogen-bond donors (Lipinski definition) is 1. The van der Waals surface area contributed by atoms with Gasteiger partial charge in [-0.1, -0.05) is 52.8 Å². The molecular formula is C18H31N. The van der Waals surface area contributed by atoms with Crippen LogP contribution in [0, 0.1) is 18.8 Å². The minimum Gasteiger partial charge on any atom is -0.382 e. The van der Waals surface area contributed by atoms with Crippen molar-refractivity contribution in [1.82, 2.24) is 0 Å². The third-order valence-electron chi connectivity index (χ3n) is 3.60. The molecular weight excluding hydrogens is 230 g/mol. The van der Waals surface area contributed by atoms with Gasteiger partial charge in [-0.05, 0) is 49.1 Å². The van der Waals surface area contributed by atoms with Crippen LogP contribution in [0.1, 0.15) is 58.6 Å². The summed E-state index contributed by atoms with van der Waals surface area (Å²) in [7, 11) is 0. The molecule has 0 spiro atoms. The predicted molar refractivity (Wildman–Crippen MR) is 86.9 cm³/mol. The number of rotatable bonds is 7. The number of anilines is 1. The average Bonchev–Trinajstić information content (AvgIpc) is 2.30. The molecule has 0 unspecified atom stereocenters. The number of hydrogen-bond acceptors (Lipinski definition) is 1. The fourth-order valence-corrected chi connectivity index (χ4v) is 2.79. The zero-order valence-corrected chi connectivity index (χ0v) is 13.6. The lowest BCUT2D eigenvalue weighted by atomic mass is 9.94. The lowest BCUT2D eigenvalue weighted by Gasteiger charge is -2.26. The Morgan fingerprint density at radius 2 is 1.58 bits per heavy atom. The molecule has 1 N–H and O–H groups in total. The average molecular weight is 261 g/mol. The first kappa shape index (κ1) is 16.1. The molecule has 0 saturated carbocycles. The molecule has 0 heterocycles. The van der Waals surface area contributed by atoms with Crippen LogP contribution in [-0.4, -0.2) is 6.04 Å². The van der Waals surface area contributed by atoms with Crippen LogP contribution in [0.2, 0.25) is 0 Å². The summed E-state index contributed by atoms with van der Waals surface area (Å²) in [6.45, 7) is 13.7. The Balaban J connectivity index is 2.88. The molecule has 0 radical (unpaired) electrons. The summed E-state index contributed by atoms with van der Waals surface area (Å²) in [5.41, 5.74) is 4.19. The second-order valence-electron chi connectivity index (χ2n) is 6.56. The fraction of sp³-hybridized carbons (Fsp3) is 0.667. The van der Waals surface area contributed by atoms with Crippen LogP contribution in [-0.2, 0) is 6.42 Å². The Labute approximate surface area is 119 Å². The fourth-order valence-electron chi connectivity index (χ4n) is 2.79. The van der Waals surface area contributed by atoms with E-state index in [1.54, 1.807) is 0 Å². The molecule has 0 aliphatic carbocycles. The van der Waals surface area contributed by atoms with Gasteiger partial charge in [-0.15, -0.1) is 0 Å². The van der Waals surface area contributed by atoms with E-state index in [9.17, 15) is 0 Å². The van der Waals surface area contributed by atoms with E-state index in [0.29, 0.717) is 6.04 Å². The van der Waals surface area contributed by atoms with E-state index in [2.05, 4.69) is 65.1 Å². The van der Waals surface area contributed by atoms with E-state index in [4.69, 9.17) is 0 Å². The lowest BCUT2D eigenvalue weighted by Crippen LogP contribution is -2.24. The molecule has 0 bridgehead atoms. The monoisotopic (exact) mass is 261 g/mol. The summed E-state index contributed by atoms with van der Waals surface area (Å²) in [6, 6.07) is 7.21. The summed E-state index contributed by atoms with van der Waals surface area (Å²) in [5.74, 6) is 1.48. The van der Waals surface area contributed by atoms with Crippen molar-refractivity contribution in [3.63, 3.8) is 0 Å². The zero-order chi connectivity index (χ0) is 14.4. The Kier molecular flexibility index (Phi) is 6.41. The molecule has 1 heteroatoms. The Hall–Kier alpha value is -0.980. The van der Waals surface area contributed by atoms with Crippen LogP contribution in [0.15, 0.2) is 18.2 Å². The topological polar surface area (TPSA) is 12.0 Å². The Bertz CT molecular complexity index is 369. The van der Waals surface area contributed by atoms with Gasteiger partial charge in [0, 0.05) is 11.7 Å². The van der Waals surface area contributed by atoms with Gasteiger partial charge in [0.1, 0.15) is 0 Å². The van der Waals surface area contributed by atoms with Crippen molar-refractivity contribution in [2.75, 3.05) is 5.32 Å². The summed E-state index contributed by atoms with van der Waals surface area (Å²) in [5, 5.41) is 3.83. The Morgan fingerprint density at radius 3 is 2.05 bits per heavy atom. The van der Waals surface area contributed by atoms with Crippen molar-refractivity contribution >= 4 is 5.69 Å². The van der Waals surface area contributed by atoms with Crippen molar-refractivity contribution < 1.29 is 0 Å². The smallest absolute Gasteiger partial charge is 0.0404 e. The maximum Gasteiger partial charge on any atom is 0.0404 e. The summed E-state index contributed by atoms with van der Waals surface area (Å²) in [6.07, 6.45) is 3.59. The van der Waals surface area contributed by atoms with Crippen molar-refractivity contribution in [3.05, 3.63) is 29.3 Å².